The summed E-state index contributed by atoms with van der Waals surface area (Å²) in [5.41, 5.74) is 6.30. The summed E-state index contributed by atoms with van der Waals surface area (Å²) in [7, 11) is 14.3. The Morgan fingerprint density at radius 3 is 0.611 bits per heavy atom. The van der Waals surface area contributed by atoms with Crippen LogP contribution in [-0.2, 0) is 73.1 Å². The minimum Gasteiger partial charge on any atom is -0.728 e. The van der Waals surface area contributed by atoms with Crippen LogP contribution in [0.4, 0.5) is 0 Å². The predicted molar refractivity (Wildman–Crippen MR) is 292 cm³/mol. The summed E-state index contributed by atoms with van der Waals surface area (Å²) < 4.78 is 0. The molecule has 0 aliphatic rings. The summed E-state index contributed by atoms with van der Waals surface area (Å²) in [5.74, 6) is 4.51. The SMILES string of the molecule is C[N-]C([N-]C)c1ccccc1.C[N-]C([N-]C)c1ccccc1.C[N-]C([N-]C)c1ccccc1.C[N-]C([N-]C)c1ccccc1.[C-]#C[c-]1cccc1.[C-]#C[c-]1cccc1.[Fe].[Fe].[Ru+5].[Ru+5].c1cc[cH-]c1.c1cc[cH-]c1. The van der Waals surface area contributed by atoms with Crippen molar-refractivity contribution in [3.8, 4) is 11.8 Å². The van der Waals surface area contributed by atoms with E-state index in [1.54, 1.807) is 56.4 Å². The molecule has 0 amide bonds. The van der Waals surface area contributed by atoms with Gasteiger partial charge in [-0.25, -0.2) is 73.2 Å². The Morgan fingerprint density at radius 2 is 0.500 bits per heavy atom. The van der Waals surface area contributed by atoms with Gasteiger partial charge in [0.05, 0.1) is 0 Å². The molecule has 2 radical (unpaired) electrons. The van der Waals surface area contributed by atoms with Crippen LogP contribution in [0.25, 0.3) is 42.5 Å². The first-order chi connectivity index (χ1) is 33.4. The number of nitrogens with zero attached hydrogens (tertiary/aromatic N) is 8. The van der Waals surface area contributed by atoms with E-state index in [-0.39, 0.29) is 97.8 Å². The van der Waals surface area contributed by atoms with E-state index in [0.717, 1.165) is 33.4 Å². The number of rotatable bonds is 12. The molecule has 0 heterocycles. The van der Waals surface area contributed by atoms with E-state index in [1.165, 1.54) is 0 Å². The van der Waals surface area contributed by atoms with Gasteiger partial charge in [0, 0.05) is 34.1 Å². The van der Waals surface area contributed by atoms with Gasteiger partial charge in [-0.1, -0.05) is 168 Å². The average molecular weight is 1210 g/mol. The number of hydrogen-bond donors (Lipinski definition) is 0. The van der Waals surface area contributed by atoms with Crippen LogP contribution in [0.3, 0.4) is 0 Å². The molecule has 8 aromatic carbocycles. The Morgan fingerprint density at radius 1 is 0.319 bits per heavy atom. The minimum atomic E-state index is 0. The monoisotopic (exact) mass is 1210 g/mol. The van der Waals surface area contributed by atoms with E-state index in [9.17, 15) is 0 Å². The van der Waals surface area contributed by atoms with Crippen molar-refractivity contribution in [1.82, 2.24) is 0 Å². The molecule has 8 nitrogen and oxygen atoms in total. The van der Waals surface area contributed by atoms with Gasteiger partial charge in [0.1, 0.15) is 0 Å². The predicted octanol–water partition coefficient (Wildman–Crippen LogP) is 16.3. The van der Waals surface area contributed by atoms with Crippen molar-refractivity contribution in [3.63, 3.8) is 0 Å². The van der Waals surface area contributed by atoms with E-state index < -0.39 is 0 Å². The molecule has 12 heteroatoms. The topological polar surface area (TPSA) is 113 Å². The minimum absolute atomic E-state index is 0. The summed E-state index contributed by atoms with van der Waals surface area (Å²) >= 11 is 0. The summed E-state index contributed by atoms with van der Waals surface area (Å²) in [5, 5.41) is 32.9. The molecule has 72 heavy (non-hydrogen) atoms. The third-order valence-electron chi connectivity index (χ3n) is 9.07. The second-order valence-electron chi connectivity index (χ2n) is 13.7. The Kier molecular flexibility index (Phi) is 54.1. The second kappa shape index (κ2) is 52.7. The van der Waals surface area contributed by atoms with Gasteiger partial charge in [-0.15, -0.1) is 0 Å². The van der Waals surface area contributed by atoms with E-state index in [1.807, 2.05) is 231 Å². The van der Waals surface area contributed by atoms with Crippen molar-refractivity contribution in [2.45, 2.75) is 24.7 Å². The average Bonchev–Trinajstić information content (AvgIpc) is 4.29. The molecule has 0 saturated carbocycles. The summed E-state index contributed by atoms with van der Waals surface area (Å²) in [4.78, 5) is 0. The zero-order chi connectivity index (χ0) is 49.7. The zero-order valence-electron chi connectivity index (χ0n) is 42.2. The number of benzene rings is 4. The fraction of sp³-hybridized carbons (Fsp3) is 0.200. The van der Waals surface area contributed by atoms with E-state index in [4.69, 9.17) is 12.8 Å². The third kappa shape index (κ3) is 35.5. The van der Waals surface area contributed by atoms with Crippen LogP contribution in [0.1, 0.15) is 58.0 Å². The summed E-state index contributed by atoms with van der Waals surface area (Å²) in [6.07, 6.45) is 13.3. The number of hydrogen-bond acceptors (Lipinski definition) is 0. The van der Waals surface area contributed by atoms with E-state index in [0.29, 0.717) is 0 Å². The molecular weight excluding hydrogens is 1150 g/mol. The fourth-order valence-corrected chi connectivity index (χ4v) is 5.71. The van der Waals surface area contributed by atoms with Gasteiger partial charge in [0.15, 0.2) is 0 Å². The normalized spacial score (nSPS) is 9.03. The molecule has 0 spiro atoms. The van der Waals surface area contributed by atoms with Gasteiger partial charge in [-0.2, -0.15) is 92.8 Å². The van der Waals surface area contributed by atoms with Crippen molar-refractivity contribution in [1.29, 1.82) is 0 Å². The molecule has 0 aliphatic carbocycles. The second-order valence-corrected chi connectivity index (χ2v) is 13.7. The molecule has 0 aliphatic heterocycles. The van der Waals surface area contributed by atoms with Gasteiger partial charge in [0.25, 0.3) is 0 Å². The van der Waals surface area contributed by atoms with E-state index in [2.05, 4.69) is 54.4 Å². The third-order valence-corrected chi connectivity index (χ3v) is 9.07. The van der Waals surface area contributed by atoms with Crippen molar-refractivity contribution in [2.75, 3.05) is 56.4 Å². The Hall–Kier alpha value is -4.63. The largest absolute Gasteiger partial charge is 5.00 e. The maximum Gasteiger partial charge on any atom is 5.00 e. The smallest absolute Gasteiger partial charge is 0.728 e. The van der Waals surface area contributed by atoms with Crippen LogP contribution in [0, 0.1) is 24.7 Å². The molecule has 8 aromatic rings. The first-order valence-corrected chi connectivity index (χ1v) is 21.9. The molecule has 0 aromatic heterocycles. The molecule has 0 unspecified atom stereocenters. The van der Waals surface area contributed by atoms with Crippen LogP contribution >= 0.6 is 0 Å². The molecule has 0 atom stereocenters. The van der Waals surface area contributed by atoms with Crippen LogP contribution in [0.15, 0.2) is 231 Å². The van der Waals surface area contributed by atoms with Crippen molar-refractivity contribution in [3.05, 3.63) is 319 Å². The Labute approximate surface area is 481 Å². The first kappa shape index (κ1) is 73.9. The van der Waals surface area contributed by atoms with Crippen LogP contribution in [-0.4, -0.2) is 56.4 Å². The molecule has 382 valence electrons. The summed E-state index contributed by atoms with van der Waals surface area (Å²) in [6, 6.07) is 75.1. The zero-order valence-corrected chi connectivity index (χ0v) is 47.9. The fourth-order valence-electron chi connectivity index (χ4n) is 5.71. The summed E-state index contributed by atoms with van der Waals surface area (Å²) in [6.45, 7) is 0. The quantitative estimate of drug-likeness (QED) is 0.0659. The van der Waals surface area contributed by atoms with Crippen molar-refractivity contribution >= 4 is 0 Å². The Bertz CT molecular complexity index is 1960. The standard InChI is InChI=1S/4C9H12N2.2C7H4.2C5H5.2Fe.2Ru/c4*1-10-9(11-2)8-6-4-3-5-7-8;2*1-2-7-5-3-4-6-7;2*1-2-4-5-3-1;;;;/h4*3-7,9H,1-2H3;2*3-6H;2*1-5H;;;;/q6*-2;2*-1;;;2*+5. The maximum atomic E-state index is 6.61. The molecule has 0 saturated heterocycles. The van der Waals surface area contributed by atoms with E-state index >= 15 is 0 Å². The van der Waals surface area contributed by atoms with Crippen LogP contribution < -0.4 is 0 Å². The van der Waals surface area contributed by atoms with Crippen molar-refractivity contribution < 1.29 is 73.1 Å². The molecule has 8 rings (SSSR count). The molecular formula is C60H66Fe2N8Ru2-4. The molecule has 0 bridgehead atoms. The van der Waals surface area contributed by atoms with Crippen LogP contribution in [0.5, 0.6) is 0 Å². The Balaban J connectivity index is -0.000000369. The van der Waals surface area contributed by atoms with Gasteiger partial charge in [-0.05, 0) is 0 Å². The molecule has 0 fully saturated rings. The van der Waals surface area contributed by atoms with Gasteiger partial charge in [-0.3, -0.25) is 0 Å². The van der Waals surface area contributed by atoms with Crippen molar-refractivity contribution in [2.24, 2.45) is 0 Å². The van der Waals surface area contributed by atoms with Gasteiger partial charge < -0.3 is 78.3 Å². The van der Waals surface area contributed by atoms with Crippen LogP contribution in [0.2, 0.25) is 0 Å². The molecule has 0 N–H and O–H groups in total. The maximum absolute atomic E-state index is 6.61. The first-order valence-electron chi connectivity index (χ1n) is 21.9. The van der Waals surface area contributed by atoms with Gasteiger partial charge in [0.2, 0.25) is 0 Å². The van der Waals surface area contributed by atoms with Gasteiger partial charge >= 0.3 is 39.0 Å².